The number of nitrogens with two attached hydrogens (primary N) is 1. The third-order valence-electron chi connectivity index (χ3n) is 4.42. The molecule has 0 saturated heterocycles. The van der Waals surface area contributed by atoms with Crippen molar-refractivity contribution in [2.24, 2.45) is 5.73 Å². The minimum atomic E-state index is 0.148. The molecule has 0 saturated carbocycles. The summed E-state index contributed by atoms with van der Waals surface area (Å²) >= 11 is 0. The molecule has 0 radical (unpaired) electrons. The average molecular weight is 304 g/mol. The lowest BCUT2D eigenvalue weighted by atomic mass is 9.97. The van der Waals surface area contributed by atoms with E-state index in [1.165, 1.54) is 16.8 Å². The minimum absolute atomic E-state index is 0.148. The van der Waals surface area contributed by atoms with Crippen molar-refractivity contribution in [3.05, 3.63) is 78.1 Å². The highest BCUT2D eigenvalue weighted by Gasteiger charge is 2.22. The largest absolute Gasteiger partial charge is 0.367 e. The summed E-state index contributed by atoms with van der Waals surface area (Å²) in [6.07, 6.45) is 5.04. The predicted octanol–water partition coefficient (Wildman–Crippen LogP) is 3.28. The number of benzene rings is 2. The Morgan fingerprint density at radius 1 is 1.04 bits per heavy atom. The van der Waals surface area contributed by atoms with E-state index in [0.717, 1.165) is 25.2 Å². The number of hydrogen-bond acceptors (Lipinski definition) is 3. The molecule has 0 fully saturated rings. The summed E-state index contributed by atoms with van der Waals surface area (Å²) in [5.41, 5.74) is 11.0. The van der Waals surface area contributed by atoms with Gasteiger partial charge in [-0.1, -0.05) is 36.4 Å². The highest BCUT2D eigenvalue weighted by Crippen LogP contribution is 2.33. The highest BCUT2D eigenvalue weighted by atomic mass is 15.3. The van der Waals surface area contributed by atoms with Crippen molar-refractivity contribution >= 4 is 5.69 Å². The van der Waals surface area contributed by atoms with Crippen LogP contribution in [0.25, 0.3) is 5.69 Å². The lowest BCUT2D eigenvalue weighted by molar-refractivity contribution is 0.590. The summed E-state index contributed by atoms with van der Waals surface area (Å²) in [5, 5.41) is 4.49. The van der Waals surface area contributed by atoms with E-state index in [9.17, 15) is 0 Å². The van der Waals surface area contributed by atoms with Gasteiger partial charge >= 0.3 is 0 Å². The summed E-state index contributed by atoms with van der Waals surface area (Å²) in [5.74, 6) is 0. The standard InChI is InChI=1S/C19H20N4/c20-18-10-11-22(19-9-5-4-8-17(18)19)13-15-12-21-23(14-15)16-6-2-1-3-7-16/h1-9,12,14,18H,10-11,13,20H2. The van der Waals surface area contributed by atoms with E-state index in [0.29, 0.717) is 0 Å². The van der Waals surface area contributed by atoms with E-state index >= 15 is 0 Å². The topological polar surface area (TPSA) is 47.1 Å². The Hall–Kier alpha value is -2.59. The second-order valence-electron chi connectivity index (χ2n) is 6.00. The van der Waals surface area contributed by atoms with Crippen LogP contribution in [-0.2, 0) is 6.54 Å². The van der Waals surface area contributed by atoms with Crippen LogP contribution in [0.1, 0.15) is 23.6 Å². The van der Waals surface area contributed by atoms with Crippen molar-refractivity contribution < 1.29 is 0 Å². The van der Waals surface area contributed by atoms with E-state index < -0.39 is 0 Å². The lowest BCUT2D eigenvalue weighted by Gasteiger charge is -2.34. The van der Waals surface area contributed by atoms with Gasteiger partial charge in [0.15, 0.2) is 0 Å². The summed E-state index contributed by atoms with van der Waals surface area (Å²) < 4.78 is 1.93. The first-order chi connectivity index (χ1) is 11.3. The molecule has 23 heavy (non-hydrogen) atoms. The first-order valence-corrected chi connectivity index (χ1v) is 8.00. The van der Waals surface area contributed by atoms with E-state index in [1.807, 2.05) is 29.1 Å². The zero-order valence-electron chi connectivity index (χ0n) is 13.0. The summed E-state index contributed by atoms with van der Waals surface area (Å²) in [6.45, 7) is 1.84. The van der Waals surface area contributed by atoms with Crippen LogP contribution in [0.3, 0.4) is 0 Å². The number of nitrogens with zero attached hydrogens (tertiary/aromatic N) is 3. The first-order valence-electron chi connectivity index (χ1n) is 8.00. The molecule has 2 aromatic carbocycles. The SMILES string of the molecule is NC1CCN(Cc2cnn(-c3ccccc3)c2)c2ccccc21. The van der Waals surface area contributed by atoms with Gasteiger partial charge in [-0.05, 0) is 30.2 Å². The van der Waals surface area contributed by atoms with Crippen molar-refractivity contribution in [3.8, 4) is 5.69 Å². The zero-order valence-corrected chi connectivity index (χ0v) is 13.0. The molecule has 0 spiro atoms. The molecule has 0 aliphatic carbocycles. The number of fused-ring (bicyclic) bond motifs is 1. The molecule has 0 amide bonds. The van der Waals surface area contributed by atoms with E-state index in [1.54, 1.807) is 0 Å². The van der Waals surface area contributed by atoms with Gasteiger partial charge in [0.05, 0.1) is 11.9 Å². The predicted molar refractivity (Wildman–Crippen MR) is 92.6 cm³/mol. The third kappa shape index (κ3) is 2.73. The van der Waals surface area contributed by atoms with Crippen LogP contribution in [0.2, 0.25) is 0 Å². The highest BCUT2D eigenvalue weighted by molar-refractivity contribution is 5.57. The van der Waals surface area contributed by atoms with Gasteiger partial charge in [0.25, 0.3) is 0 Å². The van der Waals surface area contributed by atoms with Crippen LogP contribution in [0.15, 0.2) is 67.0 Å². The fourth-order valence-electron chi connectivity index (χ4n) is 3.21. The second-order valence-corrected chi connectivity index (χ2v) is 6.00. The van der Waals surface area contributed by atoms with Crippen molar-refractivity contribution in [1.82, 2.24) is 9.78 Å². The van der Waals surface area contributed by atoms with Crippen LogP contribution >= 0.6 is 0 Å². The maximum absolute atomic E-state index is 6.24. The smallest absolute Gasteiger partial charge is 0.0645 e. The molecule has 4 nitrogen and oxygen atoms in total. The monoisotopic (exact) mass is 304 g/mol. The average Bonchev–Trinajstić information content (AvgIpc) is 3.07. The normalized spacial score (nSPS) is 17.1. The van der Waals surface area contributed by atoms with E-state index in [4.69, 9.17) is 5.73 Å². The fraction of sp³-hybridized carbons (Fsp3) is 0.211. The molecular weight excluding hydrogens is 284 g/mol. The molecule has 0 bridgehead atoms. The van der Waals surface area contributed by atoms with Gasteiger partial charge in [-0.2, -0.15) is 5.10 Å². The minimum Gasteiger partial charge on any atom is -0.367 e. The molecule has 2 heterocycles. The van der Waals surface area contributed by atoms with Gasteiger partial charge in [-0.25, -0.2) is 4.68 Å². The second kappa shape index (κ2) is 5.89. The summed E-state index contributed by atoms with van der Waals surface area (Å²) in [6, 6.07) is 18.8. The molecule has 1 atom stereocenters. The Labute approximate surface area is 136 Å². The van der Waals surface area contributed by atoms with Gasteiger partial charge in [0.1, 0.15) is 0 Å². The molecule has 2 N–H and O–H groups in total. The van der Waals surface area contributed by atoms with Crippen molar-refractivity contribution in [1.29, 1.82) is 0 Å². The van der Waals surface area contributed by atoms with Crippen LogP contribution in [0.4, 0.5) is 5.69 Å². The molecule has 4 heteroatoms. The number of anilines is 1. The summed E-state index contributed by atoms with van der Waals surface area (Å²) in [4.78, 5) is 2.39. The molecule has 116 valence electrons. The van der Waals surface area contributed by atoms with Gasteiger partial charge in [0.2, 0.25) is 0 Å². The van der Waals surface area contributed by atoms with Gasteiger partial charge < -0.3 is 10.6 Å². The Balaban J connectivity index is 1.58. The molecule has 3 aromatic rings. The Morgan fingerprint density at radius 2 is 1.83 bits per heavy atom. The van der Waals surface area contributed by atoms with E-state index in [2.05, 4.69) is 52.6 Å². The molecule has 1 aromatic heterocycles. The maximum Gasteiger partial charge on any atom is 0.0645 e. The summed E-state index contributed by atoms with van der Waals surface area (Å²) in [7, 11) is 0. The molecular formula is C19H20N4. The van der Waals surface area contributed by atoms with Gasteiger partial charge in [0, 0.05) is 36.6 Å². The zero-order chi connectivity index (χ0) is 15.6. The van der Waals surface area contributed by atoms with E-state index in [-0.39, 0.29) is 6.04 Å². The Kier molecular flexibility index (Phi) is 3.60. The molecule has 1 aliphatic heterocycles. The quantitative estimate of drug-likeness (QED) is 0.808. The van der Waals surface area contributed by atoms with Gasteiger partial charge in [-0.3, -0.25) is 0 Å². The van der Waals surface area contributed by atoms with Crippen molar-refractivity contribution in [2.45, 2.75) is 19.0 Å². The molecule has 4 rings (SSSR count). The first kappa shape index (κ1) is 14.0. The molecule has 1 unspecified atom stereocenters. The van der Waals surface area contributed by atoms with Crippen LogP contribution in [0.5, 0.6) is 0 Å². The lowest BCUT2D eigenvalue weighted by Crippen LogP contribution is -2.33. The fourth-order valence-corrected chi connectivity index (χ4v) is 3.21. The van der Waals surface area contributed by atoms with Crippen molar-refractivity contribution in [3.63, 3.8) is 0 Å². The third-order valence-corrected chi connectivity index (χ3v) is 4.42. The van der Waals surface area contributed by atoms with Crippen molar-refractivity contribution in [2.75, 3.05) is 11.4 Å². The van der Waals surface area contributed by atoms with Crippen LogP contribution < -0.4 is 10.6 Å². The van der Waals surface area contributed by atoms with Gasteiger partial charge in [-0.15, -0.1) is 0 Å². The number of aromatic nitrogens is 2. The Bertz CT molecular complexity index is 794. The van der Waals surface area contributed by atoms with Crippen LogP contribution in [-0.4, -0.2) is 16.3 Å². The number of para-hydroxylation sites is 2. The van der Waals surface area contributed by atoms with Crippen LogP contribution in [0, 0.1) is 0 Å². The number of rotatable bonds is 3. The number of hydrogen-bond donors (Lipinski definition) is 1. The Morgan fingerprint density at radius 3 is 2.70 bits per heavy atom. The maximum atomic E-state index is 6.24. The molecule has 1 aliphatic rings.